The van der Waals surface area contributed by atoms with E-state index in [-0.39, 0.29) is 0 Å². The highest BCUT2D eigenvalue weighted by Gasteiger charge is 2.21. The average molecular weight is 441 g/mol. The van der Waals surface area contributed by atoms with E-state index < -0.39 is 0 Å². The first-order valence-electron chi connectivity index (χ1n) is 11.0. The van der Waals surface area contributed by atoms with E-state index in [0.29, 0.717) is 11.7 Å². The van der Waals surface area contributed by atoms with Gasteiger partial charge in [-0.3, -0.25) is 4.90 Å². The van der Waals surface area contributed by atoms with Gasteiger partial charge in [0.05, 0.1) is 0 Å². The molecule has 1 fully saturated rings. The van der Waals surface area contributed by atoms with Crippen LogP contribution in [0.15, 0.2) is 66.3 Å². The fourth-order valence-electron chi connectivity index (χ4n) is 4.50. The molecule has 2 N–H and O–H groups in total. The Hall–Kier alpha value is -3.29. The van der Waals surface area contributed by atoms with Crippen molar-refractivity contribution < 1.29 is 0 Å². The molecular weight excluding hydrogens is 416 g/mol. The van der Waals surface area contributed by atoms with Crippen molar-refractivity contribution in [2.75, 3.05) is 18.4 Å². The molecule has 0 atom stereocenters. The van der Waals surface area contributed by atoms with Gasteiger partial charge in [0.25, 0.3) is 0 Å². The molecular formula is C25H24N6S. The first-order chi connectivity index (χ1) is 15.8. The number of hydrogen-bond donors (Lipinski definition) is 2. The van der Waals surface area contributed by atoms with Crippen LogP contribution in [0.3, 0.4) is 0 Å². The standard InChI is InChI=1S/C25H24N6S/c1-2-6-17(7-3-1)14-31-12-10-18(11-13-31)28-24-22-25(27-16-26-24)30-23(29-22)20-15-32-21-9-5-4-8-19(20)21/h1-9,15-16,18H,10-14H2,(H2,26,27,28,29,30). The summed E-state index contributed by atoms with van der Waals surface area (Å²) in [7, 11) is 0. The second-order valence-electron chi connectivity index (χ2n) is 8.33. The summed E-state index contributed by atoms with van der Waals surface area (Å²) in [5, 5.41) is 7.03. The normalized spacial score (nSPS) is 15.5. The van der Waals surface area contributed by atoms with E-state index in [9.17, 15) is 0 Å². The summed E-state index contributed by atoms with van der Waals surface area (Å²) < 4.78 is 1.26. The van der Waals surface area contributed by atoms with Crippen LogP contribution < -0.4 is 5.32 Å². The van der Waals surface area contributed by atoms with E-state index in [2.05, 4.69) is 85.1 Å². The molecule has 3 aromatic heterocycles. The van der Waals surface area contributed by atoms with Gasteiger partial charge in [0.15, 0.2) is 11.5 Å². The molecule has 7 heteroatoms. The minimum absolute atomic E-state index is 0.397. The van der Waals surface area contributed by atoms with Crippen LogP contribution in [0.5, 0.6) is 0 Å². The van der Waals surface area contributed by atoms with E-state index >= 15 is 0 Å². The highest BCUT2D eigenvalue weighted by Crippen LogP contribution is 2.34. The number of anilines is 1. The van der Waals surface area contributed by atoms with Gasteiger partial charge in [-0.1, -0.05) is 48.5 Å². The van der Waals surface area contributed by atoms with Crippen molar-refractivity contribution in [1.29, 1.82) is 0 Å². The smallest absolute Gasteiger partial charge is 0.183 e. The van der Waals surface area contributed by atoms with Gasteiger partial charge >= 0.3 is 0 Å². The molecule has 0 bridgehead atoms. The van der Waals surface area contributed by atoms with Crippen LogP contribution in [0, 0.1) is 0 Å². The Labute approximate surface area is 190 Å². The molecule has 5 aromatic rings. The fourth-order valence-corrected chi connectivity index (χ4v) is 5.44. The molecule has 0 radical (unpaired) electrons. The first kappa shape index (κ1) is 19.4. The Bertz CT molecular complexity index is 1350. The Morgan fingerprint density at radius 1 is 1.00 bits per heavy atom. The first-order valence-corrected chi connectivity index (χ1v) is 11.9. The summed E-state index contributed by atoms with van der Waals surface area (Å²) in [5.41, 5.74) is 4.07. The van der Waals surface area contributed by atoms with Gasteiger partial charge in [-0.25, -0.2) is 15.0 Å². The number of nitrogens with zero attached hydrogens (tertiary/aromatic N) is 4. The van der Waals surface area contributed by atoms with Crippen molar-refractivity contribution in [3.63, 3.8) is 0 Å². The Morgan fingerprint density at radius 2 is 1.81 bits per heavy atom. The van der Waals surface area contributed by atoms with Gasteiger partial charge in [-0.05, 0) is 24.5 Å². The van der Waals surface area contributed by atoms with Crippen molar-refractivity contribution >= 4 is 38.4 Å². The molecule has 0 unspecified atom stereocenters. The maximum atomic E-state index is 4.77. The van der Waals surface area contributed by atoms with Crippen LogP contribution in [0.1, 0.15) is 18.4 Å². The summed E-state index contributed by atoms with van der Waals surface area (Å²) in [5.74, 6) is 1.69. The highest BCUT2D eigenvalue weighted by atomic mass is 32.1. The predicted molar refractivity (Wildman–Crippen MR) is 131 cm³/mol. The molecule has 0 spiro atoms. The molecule has 2 aromatic carbocycles. The molecule has 160 valence electrons. The highest BCUT2D eigenvalue weighted by molar-refractivity contribution is 7.17. The lowest BCUT2D eigenvalue weighted by molar-refractivity contribution is 0.211. The molecule has 1 saturated heterocycles. The maximum absolute atomic E-state index is 4.77. The topological polar surface area (TPSA) is 69.7 Å². The second-order valence-corrected chi connectivity index (χ2v) is 9.24. The number of piperidine rings is 1. The molecule has 32 heavy (non-hydrogen) atoms. The summed E-state index contributed by atoms with van der Waals surface area (Å²) in [4.78, 5) is 19.7. The number of nitrogens with one attached hydrogen (secondary N) is 2. The number of likely N-dealkylation sites (tertiary alicyclic amines) is 1. The van der Waals surface area contributed by atoms with Gasteiger partial charge in [0.2, 0.25) is 0 Å². The Morgan fingerprint density at radius 3 is 2.69 bits per heavy atom. The largest absolute Gasteiger partial charge is 0.365 e. The second kappa shape index (κ2) is 8.33. The molecule has 0 saturated carbocycles. The zero-order chi connectivity index (χ0) is 21.3. The zero-order valence-electron chi connectivity index (χ0n) is 17.7. The van der Waals surface area contributed by atoms with Gasteiger partial charge in [0, 0.05) is 46.7 Å². The van der Waals surface area contributed by atoms with Crippen LogP contribution in [0.4, 0.5) is 5.82 Å². The van der Waals surface area contributed by atoms with Crippen molar-refractivity contribution in [3.05, 3.63) is 71.9 Å². The molecule has 0 aliphatic carbocycles. The molecule has 1 aliphatic heterocycles. The van der Waals surface area contributed by atoms with Crippen molar-refractivity contribution in [2.45, 2.75) is 25.4 Å². The van der Waals surface area contributed by atoms with Crippen molar-refractivity contribution in [2.24, 2.45) is 0 Å². The van der Waals surface area contributed by atoms with Gasteiger partial charge in [0.1, 0.15) is 17.7 Å². The van der Waals surface area contributed by atoms with E-state index in [1.54, 1.807) is 17.7 Å². The summed E-state index contributed by atoms with van der Waals surface area (Å²) in [6, 6.07) is 19.5. The number of aromatic amines is 1. The monoisotopic (exact) mass is 440 g/mol. The summed E-state index contributed by atoms with van der Waals surface area (Å²) in [6.07, 6.45) is 3.79. The number of fused-ring (bicyclic) bond motifs is 2. The molecule has 4 heterocycles. The number of hydrogen-bond acceptors (Lipinski definition) is 6. The van der Waals surface area contributed by atoms with Crippen LogP contribution in [0.25, 0.3) is 32.6 Å². The SMILES string of the molecule is c1ccc(CN2CCC(Nc3ncnc4nc(-c5csc6ccccc56)[nH]c34)CC2)cc1. The molecule has 1 aliphatic rings. The van der Waals surface area contributed by atoms with Gasteiger partial charge in [-0.15, -0.1) is 11.3 Å². The van der Waals surface area contributed by atoms with Gasteiger partial charge in [-0.2, -0.15) is 0 Å². The fraction of sp³-hybridized carbons (Fsp3) is 0.240. The van der Waals surface area contributed by atoms with Crippen LogP contribution in [-0.2, 0) is 6.54 Å². The third-order valence-electron chi connectivity index (χ3n) is 6.20. The number of imidazole rings is 1. The van der Waals surface area contributed by atoms with Crippen molar-refractivity contribution in [3.8, 4) is 11.4 Å². The zero-order valence-corrected chi connectivity index (χ0v) is 18.5. The minimum atomic E-state index is 0.397. The van der Waals surface area contributed by atoms with E-state index in [1.807, 2.05) is 0 Å². The lowest BCUT2D eigenvalue weighted by atomic mass is 10.0. The van der Waals surface area contributed by atoms with E-state index in [4.69, 9.17) is 4.98 Å². The van der Waals surface area contributed by atoms with E-state index in [0.717, 1.165) is 55.2 Å². The molecule has 6 nitrogen and oxygen atoms in total. The third kappa shape index (κ3) is 3.74. The van der Waals surface area contributed by atoms with Crippen LogP contribution in [-0.4, -0.2) is 44.0 Å². The molecule has 6 rings (SSSR count). The third-order valence-corrected chi connectivity index (χ3v) is 7.17. The number of thiophene rings is 1. The van der Waals surface area contributed by atoms with Crippen molar-refractivity contribution in [1.82, 2.24) is 24.8 Å². The Balaban J connectivity index is 1.19. The number of benzene rings is 2. The summed E-state index contributed by atoms with van der Waals surface area (Å²) >= 11 is 1.74. The lowest BCUT2D eigenvalue weighted by Crippen LogP contribution is -2.38. The minimum Gasteiger partial charge on any atom is -0.365 e. The number of aromatic nitrogens is 4. The lowest BCUT2D eigenvalue weighted by Gasteiger charge is -2.32. The predicted octanol–water partition coefficient (Wildman–Crippen LogP) is 5.31. The Kier molecular flexibility index (Phi) is 5.05. The number of H-pyrrole nitrogens is 1. The quantitative estimate of drug-likeness (QED) is 0.388. The summed E-state index contributed by atoms with van der Waals surface area (Å²) in [6.45, 7) is 3.18. The van der Waals surface area contributed by atoms with E-state index in [1.165, 1.54) is 15.6 Å². The average Bonchev–Trinajstić information content (AvgIpc) is 3.46. The number of rotatable bonds is 5. The maximum Gasteiger partial charge on any atom is 0.183 e. The van der Waals surface area contributed by atoms with Crippen LogP contribution in [0.2, 0.25) is 0 Å². The molecule has 0 amide bonds. The van der Waals surface area contributed by atoms with Crippen LogP contribution >= 0.6 is 11.3 Å². The van der Waals surface area contributed by atoms with Gasteiger partial charge < -0.3 is 10.3 Å².